The van der Waals surface area contributed by atoms with Gasteiger partial charge in [-0.25, -0.2) is 0 Å². The van der Waals surface area contributed by atoms with Crippen LogP contribution < -0.4 is 16.4 Å². The van der Waals surface area contributed by atoms with Crippen LogP contribution in [-0.2, 0) is 4.79 Å². The van der Waals surface area contributed by atoms with E-state index >= 15 is 0 Å². The van der Waals surface area contributed by atoms with Gasteiger partial charge in [0.15, 0.2) is 0 Å². The second-order valence-electron chi connectivity index (χ2n) is 3.14. The van der Waals surface area contributed by atoms with Crippen molar-refractivity contribution in [2.75, 3.05) is 18.9 Å². The molecule has 0 aliphatic heterocycles. The first-order valence-corrected chi connectivity index (χ1v) is 4.83. The van der Waals surface area contributed by atoms with E-state index in [9.17, 15) is 9.59 Å². The molecular weight excluding hydrogens is 208 g/mol. The largest absolute Gasteiger partial charge is 0.386 e. The molecule has 6 nitrogen and oxygen atoms in total. The van der Waals surface area contributed by atoms with Crippen molar-refractivity contribution in [2.45, 2.75) is 6.42 Å². The molecule has 0 aliphatic carbocycles. The number of carbonyl (C=O) groups excluding carboxylic acids is 2. The summed E-state index contributed by atoms with van der Waals surface area (Å²) in [6.45, 7) is 0.236. The van der Waals surface area contributed by atoms with Gasteiger partial charge < -0.3 is 16.4 Å². The van der Waals surface area contributed by atoms with Crippen molar-refractivity contribution in [3.8, 4) is 0 Å². The average Bonchev–Trinajstić information content (AvgIpc) is 2.28. The molecule has 1 rings (SSSR count). The zero-order valence-corrected chi connectivity index (χ0v) is 8.99. The number of rotatable bonds is 5. The minimum Gasteiger partial charge on any atom is -0.386 e. The summed E-state index contributed by atoms with van der Waals surface area (Å²) in [6, 6.07) is 1.60. The smallest absolute Gasteiger partial charge is 0.253 e. The van der Waals surface area contributed by atoms with E-state index in [-0.39, 0.29) is 18.9 Å². The predicted octanol–water partition coefficient (Wildman–Crippen LogP) is -0.272. The van der Waals surface area contributed by atoms with Crippen molar-refractivity contribution in [3.63, 3.8) is 0 Å². The molecule has 2 amide bonds. The van der Waals surface area contributed by atoms with Gasteiger partial charge in [0.25, 0.3) is 5.91 Å². The molecule has 1 aromatic heterocycles. The van der Waals surface area contributed by atoms with E-state index in [0.717, 1.165) is 0 Å². The number of hydrogen-bond donors (Lipinski definition) is 3. The monoisotopic (exact) mass is 222 g/mol. The van der Waals surface area contributed by atoms with Crippen LogP contribution in [0.4, 0.5) is 5.69 Å². The fourth-order valence-electron chi connectivity index (χ4n) is 1.19. The molecule has 4 N–H and O–H groups in total. The number of amides is 2. The molecule has 0 aromatic carbocycles. The standard InChI is InChI=1S/C10H14N4O2/c1-12-8-6-13-4-2-7(8)10(16)14-5-3-9(11)15/h2,4,6,12H,3,5H2,1H3,(H2,11,15)(H,14,16). The lowest BCUT2D eigenvalue weighted by Gasteiger charge is -2.08. The third kappa shape index (κ3) is 3.23. The molecule has 0 fully saturated rings. The SMILES string of the molecule is CNc1cnccc1C(=O)NCCC(N)=O. The average molecular weight is 222 g/mol. The van der Waals surface area contributed by atoms with Gasteiger partial charge in [0.2, 0.25) is 5.91 Å². The van der Waals surface area contributed by atoms with Gasteiger partial charge in [0, 0.05) is 26.2 Å². The topological polar surface area (TPSA) is 97.1 Å². The molecule has 0 atom stereocenters. The highest BCUT2D eigenvalue weighted by atomic mass is 16.2. The first-order chi connectivity index (χ1) is 7.65. The van der Waals surface area contributed by atoms with Crippen molar-refractivity contribution < 1.29 is 9.59 Å². The van der Waals surface area contributed by atoms with E-state index in [1.165, 1.54) is 6.20 Å². The van der Waals surface area contributed by atoms with Gasteiger partial charge in [0.05, 0.1) is 17.4 Å². The van der Waals surface area contributed by atoms with Crippen LogP contribution in [0.5, 0.6) is 0 Å². The van der Waals surface area contributed by atoms with Crippen LogP contribution in [0.15, 0.2) is 18.5 Å². The van der Waals surface area contributed by atoms with E-state index < -0.39 is 5.91 Å². The number of anilines is 1. The van der Waals surface area contributed by atoms with E-state index in [2.05, 4.69) is 15.6 Å². The quantitative estimate of drug-likeness (QED) is 0.638. The minimum atomic E-state index is -0.441. The summed E-state index contributed by atoms with van der Waals surface area (Å²) in [5.74, 6) is -0.697. The van der Waals surface area contributed by atoms with Gasteiger partial charge >= 0.3 is 0 Å². The Morgan fingerprint density at radius 2 is 2.25 bits per heavy atom. The highest BCUT2D eigenvalue weighted by Crippen LogP contribution is 2.11. The minimum absolute atomic E-state index is 0.131. The van der Waals surface area contributed by atoms with Gasteiger partial charge in [-0.1, -0.05) is 0 Å². The zero-order chi connectivity index (χ0) is 12.0. The number of aromatic nitrogens is 1. The molecule has 6 heteroatoms. The molecule has 1 aromatic rings. The molecule has 0 bridgehead atoms. The van der Waals surface area contributed by atoms with E-state index in [0.29, 0.717) is 11.3 Å². The Balaban J connectivity index is 2.62. The first kappa shape index (κ1) is 12.0. The van der Waals surface area contributed by atoms with Crippen LogP contribution in [0.2, 0.25) is 0 Å². The summed E-state index contributed by atoms with van der Waals surface area (Å²) in [5.41, 5.74) is 6.09. The number of hydrogen-bond acceptors (Lipinski definition) is 4. The second kappa shape index (κ2) is 5.69. The van der Waals surface area contributed by atoms with Crippen LogP contribution in [0.1, 0.15) is 16.8 Å². The van der Waals surface area contributed by atoms with Crippen molar-refractivity contribution >= 4 is 17.5 Å². The number of nitrogens with one attached hydrogen (secondary N) is 2. The molecule has 0 spiro atoms. The van der Waals surface area contributed by atoms with Gasteiger partial charge in [-0.15, -0.1) is 0 Å². The Bertz CT molecular complexity index is 392. The van der Waals surface area contributed by atoms with Crippen LogP contribution in [0, 0.1) is 0 Å². The van der Waals surface area contributed by atoms with Gasteiger partial charge in [-0.05, 0) is 6.07 Å². The highest BCUT2D eigenvalue weighted by molar-refractivity contribution is 5.99. The summed E-state index contributed by atoms with van der Waals surface area (Å²) in [7, 11) is 1.71. The Morgan fingerprint density at radius 3 is 2.88 bits per heavy atom. The van der Waals surface area contributed by atoms with Crippen LogP contribution in [-0.4, -0.2) is 30.4 Å². The van der Waals surface area contributed by atoms with Crippen LogP contribution in [0.3, 0.4) is 0 Å². The van der Waals surface area contributed by atoms with Crippen LogP contribution in [0.25, 0.3) is 0 Å². The number of nitrogens with zero attached hydrogens (tertiary/aromatic N) is 1. The van der Waals surface area contributed by atoms with E-state index in [1.807, 2.05) is 0 Å². The summed E-state index contributed by atoms with van der Waals surface area (Å²) >= 11 is 0. The third-order valence-corrected chi connectivity index (χ3v) is 1.99. The Labute approximate surface area is 93.2 Å². The molecule has 0 unspecified atom stereocenters. The summed E-state index contributed by atoms with van der Waals surface area (Å²) < 4.78 is 0. The van der Waals surface area contributed by atoms with Gasteiger partial charge in [-0.3, -0.25) is 14.6 Å². The molecule has 1 heterocycles. The Kier molecular flexibility index (Phi) is 4.26. The van der Waals surface area contributed by atoms with E-state index in [4.69, 9.17) is 5.73 Å². The second-order valence-corrected chi connectivity index (χ2v) is 3.14. The lowest BCUT2D eigenvalue weighted by Crippen LogP contribution is -2.28. The molecule has 0 saturated heterocycles. The maximum atomic E-state index is 11.7. The summed E-state index contributed by atoms with van der Waals surface area (Å²) in [5, 5.41) is 5.46. The van der Waals surface area contributed by atoms with Gasteiger partial charge in [0.1, 0.15) is 0 Å². The van der Waals surface area contributed by atoms with E-state index in [1.54, 1.807) is 19.3 Å². The van der Waals surface area contributed by atoms with Crippen molar-refractivity contribution in [3.05, 3.63) is 24.0 Å². The summed E-state index contributed by atoms with van der Waals surface area (Å²) in [6.07, 6.45) is 3.22. The van der Waals surface area contributed by atoms with Crippen LogP contribution >= 0.6 is 0 Å². The molecular formula is C10H14N4O2. The third-order valence-electron chi connectivity index (χ3n) is 1.99. The Morgan fingerprint density at radius 1 is 1.50 bits per heavy atom. The number of primary amides is 1. The van der Waals surface area contributed by atoms with Crippen molar-refractivity contribution in [1.29, 1.82) is 0 Å². The maximum absolute atomic E-state index is 11.7. The first-order valence-electron chi connectivity index (χ1n) is 4.83. The van der Waals surface area contributed by atoms with Crippen molar-refractivity contribution in [2.24, 2.45) is 5.73 Å². The van der Waals surface area contributed by atoms with Gasteiger partial charge in [-0.2, -0.15) is 0 Å². The van der Waals surface area contributed by atoms with Crippen molar-refractivity contribution in [1.82, 2.24) is 10.3 Å². The fourth-order valence-corrected chi connectivity index (χ4v) is 1.19. The fraction of sp³-hybridized carbons (Fsp3) is 0.300. The maximum Gasteiger partial charge on any atom is 0.253 e. The molecule has 0 aliphatic rings. The molecule has 86 valence electrons. The Hall–Kier alpha value is -2.11. The predicted molar refractivity (Wildman–Crippen MR) is 59.9 cm³/mol. The molecule has 16 heavy (non-hydrogen) atoms. The summed E-state index contributed by atoms with van der Waals surface area (Å²) in [4.78, 5) is 26.1. The normalized spacial score (nSPS) is 9.56. The lowest BCUT2D eigenvalue weighted by molar-refractivity contribution is -0.117. The molecule has 0 radical (unpaired) electrons. The number of carbonyl (C=O) groups is 2. The zero-order valence-electron chi connectivity index (χ0n) is 8.99. The number of pyridine rings is 1. The molecule has 0 saturated carbocycles. The lowest BCUT2D eigenvalue weighted by atomic mass is 10.2. The highest BCUT2D eigenvalue weighted by Gasteiger charge is 2.09. The number of nitrogens with two attached hydrogens (primary N) is 1.